The molecule has 0 aliphatic carbocycles. The summed E-state index contributed by atoms with van der Waals surface area (Å²) in [6, 6.07) is 167. The van der Waals surface area contributed by atoms with Crippen molar-refractivity contribution in [2.45, 2.75) is 0 Å². The van der Waals surface area contributed by atoms with Gasteiger partial charge in [0.25, 0.3) is 0 Å². The van der Waals surface area contributed by atoms with Crippen molar-refractivity contribution >= 4 is 86.8 Å². The molecule has 12 aromatic heterocycles. The lowest BCUT2D eigenvalue weighted by atomic mass is 9.93. The van der Waals surface area contributed by atoms with Crippen molar-refractivity contribution < 1.29 is 0 Å². The third-order valence-electron chi connectivity index (χ3n) is 26.9. The van der Waals surface area contributed by atoms with Crippen molar-refractivity contribution in [2.75, 3.05) is 0 Å². The molecule has 0 N–H and O–H groups in total. The number of fused-ring (bicyclic) bond motifs is 12. The third-order valence-corrected chi connectivity index (χ3v) is 26.9. The van der Waals surface area contributed by atoms with Gasteiger partial charge in [-0.3, -0.25) is 24.9 Å². The molecular formula is C133H85N13. The lowest BCUT2D eigenvalue weighted by Crippen LogP contribution is -1.96. The summed E-state index contributed by atoms with van der Waals surface area (Å²) < 4.78 is 0. The molecule has 682 valence electrons. The van der Waals surface area contributed by atoms with E-state index >= 15 is 0 Å². The fraction of sp³-hybridized carbons (Fsp3) is 0. The van der Waals surface area contributed by atoms with Crippen LogP contribution < -0.4 is 0 Å². The maximum Gasteiger partial charge on any atom is 0.160 e. The number of nitrogens with zero attached hydrogens (tertiary/aromatic N) is 13. The fourth-order valence-electron chi connectivity index (χ4n) is 19.8. The monoisotopic (exact) mass is 1860 g/mol. The molecule has 0 aliphatic heterocycles. The van der Waals surface area contributed by atoms with Crippen molar-refractivity contribution in [3.8, 4) is 180 Å². The van der Waals surface area contributed by atoms with Gasteiger partial charge >= 0.3 is 0 Å². The molecule has 12 heterocycles. The Labute approximate surface area is 842 Å². The molecule has 27 aromatic rings. The summed E-state index contributed by atoms with van der Waals surface area (Å²) in [5.41, 5.74) is 35.4. The first-order valence-corrected chi connectivity index (χ1v) is 48.7. The summed E-state index contributed by atoms with van der Waals surface area (Å²) in [5, 5.41) is 12.2. The summed E-state index contributed by atoms with van der Waals surface area (Å²) in [6.07, 6.45) is 9.14. The molecule has 0 spiro atoms. The molecule has 0 aliphatic rings. The second-order valence-corrected chi connectivity index (χ2v) is 35.9. The Kier molecular flexibility index (Phi) is 23.4. The Morgan fingerprint density at radius 2 is 0.418 bits per heavy atom. The van der Waals surface area contributed by atoms with Crippen LogP contribution in [0.1, 0.15) is 0 Å². The van der Waals surface area contributed by atoms with Crippen LogP contribution in [0.15, 0.2) is 516 Å². The van der Waals surface area contributed by atoms with Crippen LogP contribution in [0, 0.1) is 0 Å². The zero-order chi connectivity index (χ0) is 97.0. The van der Waals surface area contributed by atoms with Crippen molar-refractivity contribution in [1.29, 1.82) is 0 Å². The van der Waals surface area contributed by atoms with Gasteiger partial charge in [0.1, 0.15) is 0 Å². The average molecular weight is 1870 g/mol. The van der Waals surface area contributed by atoms with Crippen LogP contribution >= 0.6 is 0 Å². The van der Waals surface area contributed by atoms with Gasteiger partial charge in [-0.2, -0.15) is 0 Å². The molecule has 0 radical (unpaired) electrons. The summed E-state index contributed by atoms with van der Waals surface area (Å²) in [5.74, 6) is 0.707. The second kappa shape index (κ2) is 39.1. The molecule has 13 nitrogen and oxygen atoms in total. The molecule has 146 heavy (non-hydrogen) atoms. The summed E-state index contributed by atoms with van der Waals surface area (Å²) >= 11 is 0. The summed E-state index contributed by atoms with van der Waals surface area (Å²) in [6.45, 7) is 0. The van der Waals surface area contributed by atoms with E-state index in [0.717, 1.165) is 261 Å². The highest BCUT2D eigenvalue weighted by Gasteiger charge is 2.24. The van der Waals surface area contributed by atoms with Crippen LogP contribution in [-0.2, 0) is 0 Å². The normalized spacial score (nSPS) is 11.3. The number of aromatic nitrogens is 13. The van der Waals surface area contributed by atoms with Gasteiger partial charge in [-0.25, -0.2) is 39.9 Å². The lowest BCUT2D eigenvalue weighted by molar-refractivity contribution is 1.18. The highest BCUT2D eigenvalue weighted by atomic mass is 14.9. The number of benzene rings is 15. The van der Waals surface area contributed by atoms with Gasteiger partial charge in [0.05, 0.1) is 107 Å². The molecule has 0 unspecified atom stereocenters. The van der Waals surface area contributed by atoms with Gasteiger partial charge in [0.15, 0.2) is 5.82 Å². The summed E-state index contributed by atoms with van der Waals surface area (Å²) in [7, 11) is 0. The fourth-order valence-corrected chi connectivity index (χ4v) is 19.8. The molecule has 0 amide bonds. The van der Waals surface area contributed by atoms with E-state index in [2.05, 4.69) is 350 Å². The van der Waals surface area contributed by atoms with E-state index in [-0.39, 0.29) is 0 Å². The van der Waals surface area contributed by atoms with Crippen LogP contribution in [0.2, 0.25) is 0 Å². The molecule has 27 rings (SSSR count). The Morgan fingerprint density at radius 1 is 0.130 bits per heavy atom. The van der Waals surface area contributed by atoms with Gasteiger partial charge in [-0.05, 0) is 143 Å². The van der Waals surface area contributed by atoms with E-state index in [1.807, 2.05) is 164 Å². The Hall–Kier alpha value is -19.9. The Balaban J connectivity index is 0.000000114. The van der Waals surface area contributed by atoms with Crippen molar-refractivity contribution in [1.82, 2.24) is 64.8 Å². The minimum Gasteiger partial charge on any atom is -0.256 e. The van der Waals surface area contributed by atoms with Gasteiger partial charge in [0.2, 0.25) is 0 Å². The minimum atomic E-state index is 0.707. The first kappa shape index (κ1) is 87.6. The van der Waals surface area contributed by atoms with E-state index in [1.165, 1.54) is 0 Å². The van der Waals surface area contributed by atoms with E-state index in [9.17, 15) is 0 Å². The molecule has 0 saturated heterocycles. The largest absolute Gasteiger partial charge is 0.256 e. The lowest BCUT2D eigenvalue weighted by Gasteiger charge is -2.15. The number of pyridine rings is 11. The predicted molar refractivity (Wildman–Crippen MR) is 598 cm³/mol. The van der Waals surface area contributed by atoms with Gasteiger partial charge in [0, 0.05) is 151 Å². The molecule has 15 aromatic carbocycles. The van der Waals surface area contributed by atoms with Gasteiger partial charge < -0.3 is 0 Å². The third kappa shape index (κ3) is 17.5. The first-order valence-electron chi connectivity index (χ1n) is 48.7. The number of hydrogen-bond donors (Lipinski definition) is 0. The second-order valence-electron chi connectivity index (χ2n) is 35.9. The van der Waals surface area contributed by atoms with Crippen LogP contribution in [-0.4, -0.2) is 64.8 Å². The average Bonchev–Trinajstić information content (AvgIpc) is 0.743. The molecule has 0 saturated carbocycles. The maximum atomic E-state index is 5.30. The quantitative estimate of drug-likeness (QED) is 0.0839. The first-order chi connectivity index (χ1) is 72.4. The zero-order valence-electron chi connectivity index (χ0n) is 78.9. The predicted octanol–water partition coefficient (Wildman–Crippen LogP) is 33.1. The van der Waals surface area contributed by atoms with Crippen LogP contribution in [0.5, 0.6) is 0 Å². The maximum absolute atomic E-state index is 5.30. The number of hydrogen-bond acceptors (Lipinski definition) is 13. The minimum absolute atomic E-state index is 0.707. The van der Waals surface area contributed by atoms with Gasteiger partial charge in [-0.1, -0.05) is 376 Å². The van der Waals surface area contributed by atoms with Crippen LogP contribution in [0.3, 0.4) is 0 Å². The van der Waals surface area contributed by atoms with Gasteiger partial charge in [-0.15, -0.1) is 0 Å². The smallest absolute Gasteiger partial charge is 0.160 e. The van der Waals surface area contributed by atoms with E-state index in [1.54, 1.807) is 12.4 Å². The van der Waals surface area contributed by atoms with Crippen molar-refractivity contribution in [2.24, 2.45) is 0 Å². The van der Waals surface area contributed by atoms with Crippen molar-refractivity contribution in [3.05, 3.63) is 516 Å². The summed E-state index contributed by atoms with van der Waals surface area (Å²) in [4.78, 5) is 64.4. The Bertz CT molecular complexity index is 9040. The highest BCUT2D eigenvalue weighted by Crippen LogP contribution is 2.46. The van der Waals surface area contributed by atoms with Crippen molar-refractivity contribution in [3.63, 3.8) is 0 Å². The highest BCUT2D eigenvalue weighted by molar-refractivity contribution is 6.20. The molecule has 13 heteroatoms. The molecule has 0 fully saturated rings. The molecule has 0 bridgehead atoms. The van der Waals surface area contributed by atoms with E-state index < -0.39 is 0 Å². The Morgan fingerprint density at radius 3 is 0.781 bits per heavy atom. The standard InChI is InChI=1S/C46H30N4.C45H29N5.C42H26N4/c1-4-13-32(14-5-1)41-30-42(50-46(49-41)35-17-8-3-9-18-35)33-24-22-31(23-25-33)36-26-27-38-43(29-36)48-45(34-15-6-2-7-16-34)39-20-12-19-37(44(38)39)40-21-10-11-28-47-40;1-2-11-32(12-3-1)45-37-14-10-13-35(38-15-4-7-24-46-38)44(37)36-23-22-33(27-41(36)50-45)30-18-20-31(21-19-30)34-28-42(39-16-5-8-25-47-39)49-43(29-34)40-17-6-9-26-48-40;1-3-10-27(11-4-1)35-23-20-29-17-18-30-21-24-36(45-42(30)41(29)44-35)31-19-22-33-38(26-31)46-40(28-12-5-2-6-13-28)34-15-9-14-32(39(33)34)37-16-7-8-25-43-37/h1-30H;1-29H;1-26H. The molecule has 0 atom stereocenters. The SMILES string of the molecule is c1ccc(-c2cc(-c3ccc(-c4ccc5c(c4)nc(-c4ccccc4)c4cccc(-c6ccccn6)c45)cc3)nc(-c3ccccc3)n2)cc1.c1ccc(-c2ccc3ccc4ccc(-c5ccc6c(c5)nc(-c5ccccc5)c5cccc(-c7ccccn7)c56)nc4c3n2)cc1.c1ccc(-c2nc3cc(-c4ccc(-c5cc(-c6ccccn6)nc(-c6ccccn6)c5)cc4)ccc3c3c(-c4ccccn4)cccc23)cc1. The number of rotatable bonds is 16. The van der Waals surface area contributed by atoms with E-state index in [4.69, 9.17) is 54.8 Å². The zero-order valence-corrected chi connectivity index (χ0v) is 78.9. The van der Waals surface area contributed by atoms with E-state index in [0.29, 0.717) is 5.82 Å². The topological polar surface area (TPSA) is 168 Å². The van der Waals surface area contributed by atoms with Crippen LogP contribution in [0.4, 0.5) is 0 Å². The molecular weight excluding hydrogens is 1780 g/mol. The van der Waals surface area contributed by atoms with Crippen LogP contribution in [0.25, 0.3) is 267 Å².